The first-order chi connectivity index (χ1) is 8.93. The summed E-state index contributed by atoms with van der Waals surface area (Å²) in [7, 11) is 0. The van der Waals surface area contributed by atoms with E-state index in [4.69, 9.17) is 10.8 Å². The number of amides is 1. The molecule has 3 N–H and O–H groups in total. The zero-order chi connectivity index (χ0) is 14.4. The van der Waals surface area contributed by atoms with Gasteiger partial charge >= 0.3 is 5.97 Å². The highest BCUT2D eigenvalue weighted by molar-refractivity contribution is 5.77. The molecule has 0 radical (unpaired) electrons. The normalized spacial score (nSPS) is 22.9. The van der Waals surface area contributed by atoms with Gasteiger partial charge in [0, 0.05) is 32.0 Å². The Balaban J connectivity index is 2.49. The van der Waals surface area contributed by atoms with E-state index >= 15 is 0 Å². The third kappa shape index (κ3) is 5.19. The van der Waals surface area contributed by atoms with Gasteiger partial charge in [0.2, 0.25) is 5.91 Å². The summed E-state index contributed by atoms with van der Waals surface area (Å²) in [6, 6.07) is -0.0654. The van der Waals surface area contributed by atoms with Gasteiger partial charge in [0.05, 0.1) is 0 Å². The lowest BCUT2D eigenvalue weighted by molar-refractivity contribution is -0.138. The topological polar surface area (TPSA) is 83.6 Å². The standard InChI is InChI=1S/C14H26N2O3/c1-3-12(15)8-13(17)16-6-4-5-11(9-16)10(2)7-14(18)19/h10-12H,3-9,15H2,1-2H3,(H,18,19). The smallest absolute Gasteiger partial charge is 0.303 e. The first kappa shape index (κ1) is 16.0. The van der Waals surface area contributed by atoms with Crippen LogP contribution in [0, 0.1) is 11.8 Å². The lowest BCUT2D eigenvalue weighted by Gasteiger charge is -2.36. The zero-order valence-electron chi connectivity index (χ0n) is 12.0. The van der Waals surface area contributed by atoms with Crippen LogP contribution in [0.1, 0.15) is 46.0 Å². The van der Waals surface area contributed by atoms with E-state index < -0.39 is 5.97 Å². The average Bonchev–Trinajstić information content (AvgIpc) is 2.37. The molecule has 1 fully saturated rings. The molecule has 1 saturated heterocycles. The Labute approximate surface area is 115 Å². The van der Waals surface area contributed by atoms with E-state index in [0.29, 0.717) is 18.9 Å². The molecular weight excluding hydrogens is 244 g/mol. The van der Waals surface area contributed by atoms with E-state index in [0.717, 1.165) is 25.8 Å². The third-order valence-electron chi connectivity index (χ3n) is 4.07. The zero-order valence-corrected chi connectivity index (χ0v) is 12.0. The number of carboxylic acids is 1. The summed E-state index contributed by atoms with van der Waals surface area (Å²) >= 11 is 0. The predicted octanol–water partition coefficient (Wildman–Crippen LogP) is 1.46. The second kappa shape index (κ2) is 7.48. The molecule has 5 heteroatoms. The Hall–Kier alpha value is -1.10. The second-order valence-electron chi connectivity index (χ2n) is 5.69. The Bertz CT molecular complexity index is 320. The molecule has 5 nitrogen and oxygen atoms in total. The summed E-state index contributed by atoms with van der Waals surface area (Å²) in [5.41, 5.74) is 5.82. The van der Waals surface area contributed by atoms with Crippen LogP contribution in [0.2, 0.25) is 0 Å². The summed E-state index contributed by atoms with van der Waals surface area (Å²) in [6.45, 7) is 5.41. The van der Waals surface area contributed by atoms with E-state index in [1.54, 1.807) is 0 Å². The van der Waals surface area contributed by atoms with Crippen molar-refractivity contribution in [3.05, 3.63) is 0 Å². The highest BCUT2D eigenvalue weighted by atomic mass is 16.4. The van der Waals surface area contributed by atoms with Gasteiger partial charge in [-0.05, 0) is 31.1 Å². The molecule has 0 aromatic rings. The molecule has 0 aliphatic carbocycles. The molecule has 3 atom stereocenters. The van der Waals surface area contributed by atoms with Crippen LogP contribution in [0.15, 0.2) is 0 Å². The lowest BCUT2D eigenvalue weighted by atomic mass is 9.84. The predicted molar refractivity (Wildman–Crippen MR) is 73.6 cm³/mol. The van der Waals surface area contributed by atoms with Crippen LogP contribution in [0.4, 0.5) is 0 Å². The van der Waals surface area contributed by atoms with E-state index in [1.807, 2.05) is 18.7 Å². The minimum atomic E-state index is -0.760. The van der Waals surface area contributed by atoms with Gasteiger partial charge in [-0.1, -0.05) is 13.8 Å². The van der Waals surface area contributed by atoms with E-state index in [1.165, 1.54) is 0 Å². The molecule has 0 aromatic carbocycles. The van der Waals surface area contributed by atoms with Gasteiger partial charge in [0.15, 0.2) is 0 Å². The quantitative estimate of drug-likeness (QED) is 0.765. The van der Waals surface area contributed by atoms with E-state index in [9.17, 15) is 9.59 Å². The number of nitrogens with zero attached hydrogens (tertiary/aromatic N) is 1. The van der Waals surface area contributed by atoms with Crippen LogP contribution in [0.5, 0.6) is 0 Å². The number of nitrogens with two attached hydrogens (primary N) is 1. The first-order valence-corrected chi connectivity index (χ1v) is 7.19. The summed E-state index contributed by atoms with van der Waals surface area (Å²) in [4.78, 5) is 24.7. The maximum Gasteiger partial charge on any atom is 0.303 e. The Morgan fingerprint density at radius 2 is 2.11 bits per heavy atom. The van der Waals surface area contributed by atoms with Crippen LogP contribution >= 0.6 is 0 Å². The molecule has 1 aliphatic rings. The number of rotatable bonds is 6. The van der Waals surface area contributed by atoms with Gasteiger partial charge in [-0.3, -0.25) is 9.59 Å². The molecule has 0 spiro atoms. The van der Waals surface area contributed by atoms with E-state index in [2.05, 4.69) is 0 Å². The van der Waals surface area contributed by atoms with E-state index in [-0.39, 0.29) is 24.3 Å². The van der Waals surface area contributed by atoms with Crippen molar-refractivity contribution >= 4 is 11.9 Å². The van der Waals surface area contributed by atoms with Crippen molar-refractivity contribution in [2.45, 2.75) is 52.0 Å². The third-order valence-corrected chi connectivity index (χ3v) is 4.07. The van der Waals surface area contributed by atoms with Crippen molar-refractivity contribution in [2.75, 3.05) is 13.1 Å². The van der Waals surface area contributed by atoms with Crippen LogP contribution in [-0.2, 0) is 9.59 Å². The fourth-order valence-corrected chi connectivity index (χ4v) is 2.64. The molecule has 3 unspecified atom stereocenters. The van der Waals surface area contributed by atoms with Gasteiger partial charge < -0.3 is 15.7 Å². The van der Waals surface area contributed by atoms with Crippen molar-refractivity contribution in [1.82, 2.24) is 4.90 Å². The number of piperidine rings is 1. The summed E-state index contributed by atoms with van der Waals surface area (Å²) in [5, 5.41) is 8.84. The molecule has 1 rings (SSSR count). The molecular formula is C14H26N2O3. The summed E-state index contributed by atoms with van der Waals surface area (Å²) in [5.74, 6) is -0.231. The Morgan fingerprint density at radius 1 is 1.42 bits per heavy atom. The maximum absolute atomic E-state index is 12.1. The fourth-order valence-electron chi connectivity index (χ4n) is 2.64. The number of aliphatic carboxylic acids is 1. The molecule has 1 heterocycles. The molecule has 0 bridgehead atoms. The summed E-state index contributed by atoms with van der Waals surface area (Å²) in [6.07, 6.45) is 3.36. The second-order valence-corrected chi connectivity index (χ2v) is 5.69. The highest BCUT2D eigenvalue weighted by Crippen LogP contribution is 2.26. The van der Waals surface area contributed by atoms with Gasteiger partial charge in [-0.15, -0.1) is 0 Å². The Morgan fingerprint density at radius 3 is 2.68 bits per heavy atom. The Kier molecular flexibility index (Phi) is 6.28. The monoisotopic (exact) mass is 270 g/mol. The first-order valence-electron chi connectivity index (χ1n) is 7.19. The van der Waals surface area contributed by atoms with Crippen molar-refractivity contribution in [3.8, 4) is 0 Å². The van der Waals surface area contributed by atoms with Crippen LogP contribution in [0.25, 0.3) is 0 Å². The molecule has 110 valence electrons. The molecule has 1 aliphatic heterocycles. The molecule has 1 amide bonds. The molecule has 0 aromatic heterocycles. The van der Waals surface area contributed by atoms with Crippen molar-refractivity contribution in [2.24, 2.45) is 17.6 Å². The number of hydrogen-bond acceptors (Lipinski definition) is 3. The van der Waals surface area contributed by atoms with Gasteiger partial charge in [0.25, 0.3) is 0 Å². The number of carbonyl (C=O) groups is 2. The van der Waals surface area contributed by atoms with Gasteiger partial charge in [-0.25, -0.2) is 0 Å². The molecule has 19 heavy (non-hydrogen) atoms. The minimum Gasteiger partial charge on any atom is -0.481 e. The maximum atomic E-state index is 12.1. The lowest BCUT2D eigenvalue weighted by Crippen LogP contribution is -2.43. The van der Waals surface area contributed by atoms with Crippen LogP contribution in [-0.4, -0.2) is 41.0 Å². The SMILES string of the molecule is CCC(N)CC(=O)N1CCCC(C(C)CC(=O)O)C1. The van der Waals surface area contributed by atoms with Gasteiger partial charge in [0.1, 0.15) is 0 Å². The highest BCUT2D eigenvalue weighted by Gasteiger charge is 2.28. The number of hydrogen-bond donors (Lipinski definition) is 2. The number of carboxylic acid groups (broad SMARTS) is 1. The average molecular weight is 270 g/mol. The van der Waals surface area contributed by atoms with Crippen LogP contribution < -0.4 is 5.73 Å². The van der Waals surface area contributed by atoms with Crippen LogP contribution in [0.3, 0.4) is 0 Å². The van der Waals surface area contributed by atoms with Crippen molar-refractivity contribution in [1.29, 1.82) is 0 Å². The molecule has 0 saturated carbocycles. The fraction of sp³-hybridized carbons (Fsp3) is 0.857. The number of carbonyl (C=O) groups excluding carboxylic acids is 1. The van der Waals surface area contributed by atoms with Gasteiger partial charge in [-0.2, -0.15) is 0 Å². The largest absolute Gasteiger partial charge is 0.481 e. The summed E-state index contributed by atoms with van der Waals surface area (Å²) < 4.78 is 0. The minimum absolute atomic E-state index is 0.0654. The number of likely N-dealkylation sites (tertiary alicyclic amines) is 1. The van der Waals surface area contributed by atoms with Crippen molar-refractivity contribution in [3.63, 3.8) is 0 Å². The van der Waals surface area contributed by atoms with Crippen molar-refractivity contribution < 1.29 is 14.7 Å².